The first-order chi connectivity index (χ1) is 27.5. The molecule has 0 amide bonds. The summed E-state index contributed by atoms with van der Waals surface area (Å²) >= 11 is 0. The molecule has 0 bridgehead atoms. The fraction of sp³-hybridized carbons (Fsp3) is 0.0577. The van der Waals surface area contributed by atoms with Gasteiger partial charge in [-0.05, 0) is 85.6 Å². The topological polar surface area (TPSA) is 43.6 Å². The lowest BCUT2D eigenvalue weighted by Crippen LogP contribution is -2.14. The van der Waals surface area contributed by atoms with Crippen molar-refractivity contribution >= 4 is 32.6 Å². The molecule has 2 heterocycles. The molecule has 0 atom stereocenters. The summed E-state index contributed by atoms with van der Waals surface area (Å²) < 4.78 is 2.21. The zero-order valence-corrected chi connectivity index (χ0v) is 31.1. The van der Waals surface area contributed by atoms with Gasteiger partial charge in [-0.2, -0.15) is 9.97 Å². The van der Waals surface area contributed by atoms with Crippen LogP contribution in [0.15, 0.2) is 182 Å². The van der Waals surface area contributed by atoms with E-state index in [4.69, 9.17) is 15.0 Å². The van der Waals surface area contributed by atoms with Crippen LogP contribution in [-0.2, 0) is 5.41 Å². The predicted molar refractivity (Wildman–Crippen MR) is 231 cm³/mol. The SMILES string of the molecule is CC1(C)c2ccccc2-c2ccc(-c3cc4ccccc4cc3-c3ccc4c5ccccc5n(-c5nc(-c6ccccc6)nc(-c6ccccc6)n5)c4c3)cc21. The lowest BCUT2D eigenvalue weighted by Gasteiger charge is -2.22. The molecule has 264 valence electrons. The third-order valence-corrected chi connectivity index (χ3v) is 11.7. The van der Waals surface area contributed by atoms with Crippen LogP contribution in [0.4, 0.5) is 0 Å². The minimum Gasteiger partial charge on any atom is -0.278 e. The number of para-hydroxylation sites is 1. The van der Waals surface area contributed by atoms with Gasteiger partial charge in [0, 0.05) is 27.3 Å². The average molecular weight is 717 g/mol. The highest BCUT2D eigenvalue weighted by Gasteiger charge is 2.35. The highest BCUT2D eigenvalue weighted by Crippen LogP contribution is 2.50. The van der Waals surface area contributed by atoms with E-state index < -0.39 is 0 Å². The van der Waals surface area contributed by atoms with Crippen molar-refractivity contribution in [1.29, 1.82) is 0 Å². The number of hydrogen-bond acceptors (Lipinski definition) is 3. The van der Waals surface area contributed by atoms with Gasteiger partial charge < -0.3 is 0 Å². The van der Waals surface area contributed by atoms with Gasteiger partial charge in [0.25, 0.3) is 0 Å². The van der Waals surface area contributed by atoms with Gasteiger partial charge in [-0.25, -0.2) is 4.98 Å². The van der Waals surface area contributed by atoms with Crippen molar-refractivity contribution in [3.05, 3.63) is 193 Å². The summed E-state index contributed by atoms with van der Waals surface area (Å²) in [6, 6.07) is 65.1. The second-order valence-electron chi connectivity index (χ2n) is 15.3. The van der Waals surface area contributed by atoms with E-state index >= 15 is 0 Å². The number of aromatic nitrogens is 4. The van der Waals surface area contributed by atoms with Crippen LogP contribution in [0.2, 0.25) is 0 Å². The summed E-state index contributed by atoms with van der Waals surface area (Å²) in [6.07, 6.45) is 0. The van der Waals surface area contributed by atoms with E-state index in [0.717, 1.165) is 38.5 Å². The van der Waals surface area contributed by atoms with Crippen molar-refractivity contribution < 1.29 is 0 Å². The van der Waals surface area contributed by atoms with Crippen LogP contribution >= 0.6 is 0 Å². The number of nitrogens with zero attached hydrogens (tertiary/aromatic N) is 4. The quantitative estimate of drug-likeness (QED) is 0.178. The highest BCUT2D eigenvalue weighted by molar-refractivity contribution is 6.10. The van der Waals surface area contributed by atoms with E-state index in [0.29, 0.717) is 17.6 Å². The van der Waals surface area contributed by atoms with E-state index in [1.807, 2.05) is 36.4 Å². The van der Waals surface area contributed by atoms with Gasteiger partial charge in [0.1, 0.15) is 0 Å². The van der Waals surface area contributed by atoms with Crippen molar-refractivity contribution in [2.24, 2.45) is 0 Å². The van der Waals surface area contributed by atoms with Crippen molar-refractivity contribution in [2.45, 2.75) is 19.3 Å². The molecule has 4 heteroatoms. The first-order valence-corrected chi connectivity index (χ1v) is 19.2. The van der Waals surface area contributed by atoms with Gasteiger partial charge in [0.2, 0.25) is 5.95 Å². The van der Waals surface area contributed by atoms with Gasteiger partial charge in [0.05, 0.1) is 11.0 Å². The normalized spacial score (nSPS) is 13.0. The molecule has 10 aromatic rings. The molecule has 0 spiro atoms. The summed E-state index contributed by atoms with van der Waals surface area (Å²) in [5.74, 6) is 1.85. The maximum Gasteiger partial charge on any atom is 0.238 e. The fourth-order valence-electron chi connectivity index (χ4n) is 8.84. The Balaban J connectivity index is 1.15. The van der Waals surface area contributed by atoms with Gasteiger partial charge in [0.15, 0.2) is 11.6 Å². The summed E-state index contributed by atoms with van der Waals surface area (Å²) in [5.41, 5.74) is 14.0. The van der Waals surface area contributed by atoms with Crippen LogP contribution in [0.5, 0.6) is 0 Å². The van der Waals surface area contributed by atoms with Gasteiger partial charge in [-0.15, -0.1) is 0 Å². The Bertz CT molecular complexity index is 3100. The second-order valence-corrected chi connectivity index (χ2v) is 15.3. The molecule has 11 rings (SSSR count). The Morgan fingerprint density at radius 1 is 0.375 bits per heavy atom. The Morgan fingerprint density at radius 2 is 0.911 bits per heavy atom. The number of hydrogen-bond donors (Lipinski definition) is 0. The number of benzene rings is 8. The fourth-order valence-corrected chi connectivity index (χ4v) is 8.84. The minimum absolute atomic E-state index is 0.0967. The summed E-state index contributed by atoms with van der Waals surface area (Å²) in [4.78, 5) is 15.4. The van der Waals surface area contributed by atoms with Crippen molar-refractivity contribution in [2.75, 3.05) is 0 Å². The molecular weight excluding hydrogens is 681 g/mol. The molecule has 0 saturated heterocycles. The van der Waals surface area contributed by atoms with Gasteiger partial charge >= 0.3 is 0 Å². The highest BCUT2D eigenvalue weighted by atomic mass is 15.2. The van der Waals surface area contributed by atoms with Crippen LogP contribution in [0.1, 0.15) is 25.0 Å². The summed E-state index contributed by atoms with van der Waals surface area (Å²) in [6.45, 7) is 4.70. The van der Waals surface area contributed by atoms with E-state index in [2.05, 4.69) is 164 Å². The molecule has 1 aliphatic rings. The third-order valence-electron chi connectivity index (χ3n) is 11.7. The maximum atomic E-state index is 5.19. The molecule has 0 radical (unpaired) electrons. The van der Waals surface area contributed by atoms with Crippen LogP contribution in [0.3, 0.4) is 0 Å². The van der Waals surface area contributed by atoms with Crippen LogP contribution in [0.25, 0.3) is 94.7 Å². The number of rotatable bonds is 5. The molecule has 0 aliphatic heterocycles. The molecule has 4 nitrogen and oxygen atoms in total. The Kier molecular flexibility index (Phi) is 7.17. The van der Waals surface area contributed by atoms with Crippen molar-refractivity contribution in [3.8, 4) is 62.1 Å². The zero-order valence-electron chi connectivity index (χ0n) is 31.1. The van der Waals surface area contributed by atoms with Gasteiger partial charge in [-0.1, -0.05) is 166 Å². The van der Waals surface area contributed by atoms with E-state index in [1.165, 1.54) is 49.7 Å². The van der Waals surface area contributed by atoms with Crippen molar-refractivity contribution in [3.63, 3.8) is 0 Å². The lowest BCUT2D eigenvalue weighted by molar-refractivity contribution is 0.660. The zero-order chi connectivity index (χ0) is 37.4. The van der Waals surface area contributed by atoms with Gasteiger partial charge in [-0.3, -0.25) is 4.57 Å². The Hall–Kier alpha value is -7.17. The van der Waals surface area contributed by atoms with Crippen molar-refractivity contribution in [1.82, 2.24) is 19.5 Å². The lowest BCUT2D eigenvalue weighted by atomic mass is 9.81. The third kappa shape index (κ3) is 5.03. The molecule has 0 saturated carbocycles. The molecule has 8 aromatic carbocycles. The summed E-state index contributed by atoms with van der Waals surface area (Å²) in [5, 5.41) is 4.72. The molecule has 2 aromatic heterocycles. The Labute approximate surface area is 325 Å². The molecule has 0 N–H and O–H groups in total. The largest absolute Gasteiger partial charge is 0.278 e. The molecule has 1 aliphatic carbocycles. The van der Waals surface area contributed by atoms with Crippen LogP contribution in [-0.4, -0.2) is 19.5 Å². The van der Waals surface area contributed by atoms with E-state index in [1.54, 1.807) is 0 Å². The van der Waals surface area contributed by atoms with Crippen LogP contribution in [0, 0.1) is 0 Å². The predicted octanol–water partition coefficient (Wildman–Crippen LogP) is 13.1. The second kappa shape index (κ2) is 12.4. The summed E-state index contributed by atoms with van der Waals surface area (Å²) in [7, 11) is 0. The standard InChI is InChI=1S/C52H36N4/c1-52(2)45-23-13-11-21-39(45)40-27-25-37(31-46(40)52)43-29-35-19-9-10-20-36(35)30-44(43)38-26-28-42-41-22-12-14-24-47(41)56(48(42)32-38)51-54-49(33-15-5-3-6-16-33)53-50(55-51)34-17-7-4-8-18-34/h3-32H,1-2H3. The molecule has 0 unspecified atom stereocenters. The van der Waals surface area contributed by atoms with E-state index in [9.17, 15) is 0 Å². The first-order valence-electron chi connectivity index (χ1n) is 19.2. The smallest absolute Gasteiger partial charge is 0.238 e. The minimum atomic E-state index is -0.0967. The molecule has 56 heavy (non-hydrogen) atoms. The molecule has 0 fully saturated rings. The maximum absolute atomic E-state index is 5.19. The Morgan fingerprint density at radius 3 is 1.61 bits per heavy atom. The van der Waals surface area contributed by atoms with E-state index in [-0.39, 0.29) is 5.41 Å². The molecular formula is C52H36N4. The first kappa shape index (κ1) is 32.3. The van der Waals surface area contributed by atoms with Crippen LogP contribution < -0.4 is 0 Å². The monoisotopic (exact) mass is 716 g/mol. The average Bonchev–Trinajstić information content (AvgIpc) is 3.71. The number of fused-ring (bicyclic) bond motifs is 7.